The second-order valence-electron chi connectivity index (χ2n) is 5.05. The SMILES string of the molecule is CC(CO)N(C)C(=O)CCc1nc(-c2ccc(Cl)cc2)no1. The molecule has 0 saturated carbocycles. The van der Waals surface area contributed by atoms with Crippen molar-refractivity contribution in [1.29, 1.82) is 0 Å². The Morgan fingerprint density at radius 1 is 1.41 bits per heavy atom. The molecule has 2 aromatic rings. The van der Waals surface area contributed by atoms with Gasteiger partial charge in [0.1, 0.15) is 0 Å². The highest BCUT2D eigenvalue weighted by Crippen LogP contribution is 2.19. The molecular formula is C15H18ClN3O3. The van der Waals surface area contributed by atoms with E-state index in [0.717, 1.165) is 5.56 Å². The number of benzene rings is 1. The molecule has 1 unspecified atom stereocenters. The van der Waals surface area contributed by atoms with Crippen LogP contribution in [0.3, 0.4) is 0 Å². The number of aromatic nitrogens is 2. The number of nitrogens with zero attached hydrogens (tertiary/aromatic N) is 3. The van der Waals surface area contributed by atoms with Gasteiger partial charge in [-0.2, -0.15) is 4.98 Å². The number of aliphatic hydroxyl groups is 1. The zero-order chi connectivity index (χ0) is 16.1. The average molecular weight is 324 g/mol. The van der Waals surface area contributed by atoms with E-state index < -0.39 is 0 Å². The molecule has 0 bridgehead atoms. The van der Waals surface area contributed by atoms with E-state index in [1.807, 2.05) is 0 Å². The Morgan fingerprint density at radius 2 is 2.09 bits per heavy atom. The van der Waals surface area contributed by atoms with Gasteiger partial charge in [-0.25, -0.2) is 0 Å². The fraction of sp³-hybridized carbons (Fsp3) is 0.400. The lowest BCUT2D eigenvalue weighted by atomic mass is 10.2. The summed E-state index contributed by atoms with van der Waals surface area (Å²) in [7, 11) is 1.66. The van der Waals surface area contributed by atoms with Gasteiger partial charge in [-0.15, -0.1) is 0 Å². The highest BCUT2D eigenvalue weighted by molar-refractivity contribution is 6.30. The van der Waals surface area contributed by atoms with E-state index in [-0.39, 0.29) is 25.0 Å². The highest BCUT2D eigenvalue weighted by Gasteiger charge is 2.16. The number of aliphatic hydroxyl groups excluding tert-OH is 1. The van der Waals surface area contributed by atoms with Crippen LogP contribution in [-0.4, -0.2) is 45.8 Å². The molecule has 0 aliphatic rings. The van der Waals surface area contributed by atoms with Crippen molar-refractivity contribution in [3.63, 3.8) is 0 Å². The first-order valence-electron chi connectivity index (χ1n) is 6.96. The van der Waals surface area contributed by atoms with Crippen LogP contribution >= 0.6 is 11.6 Å². The van der Waals surface area contributed by atoms with Crippen molar-refractivity contribution in [2.45, 2.75) is 25.8 Å². The minimum absolute atomic E-state index is 0.0660. The van der Waals surface area contributed by atoms with Crippen molar-refractivity contribution in [2.75, 3.05) is 13.7 Å². The van der Waals surface area contributed by atoms with Gasteiger partial charge >= 0.3 is 0 Å². The monoisotopic (exact) mass is 323 g/mol. The Kier molecular flexibility index (Phi) is 5.51. The first kappa shape index (κ1) is 16.5. The van der Waals surface area contributed by atoms with Gasteiger partial charge in [0.05, 0.1) is 12.6 Å². The van der Waals surface area contributed by atoms with Crippen molar-refractivity contribution in [3.8, 4) is 11.4 Å². The third kappa shape index (κ3) is 4.05. The van der Waals surface area contributed by atoms with Crippen molar-refractivity contribution in [1.82, 2.24) is 15.0 Å². The number of likely N-dealkylation sites (N-methyl/N-ethyl adjacent to an activating group) is 1. The average Bonchev–Trinajstić information content (AvgIpc) is 3.00. The molecule has 1 aromatic carbocycles. The summed E-state index contributed by atoms with van der Waals surface area (Å²) in [6.45, 7) is 1.72. The summed E-state index contributed by atoms with van der Waals surface area (Å²) in [6.07, 6.45) is 0.616. The molecule has 0 radical (unpaired) electrons. The molecule has 2 rings (SSSR count). The van der Waals surface area contributed by atoms with Gasteiger partial charge in [0.2, 0.25) is 17.6 Å². The molecule has 0 aliphatic heterocycles. The number of amides is 1. The maximum atomic E-state index is 11.9. The van der Waals surface area contributed by atoms with Gasteiger partial charge in [-0.05, 0) is 31.2 Å². The molecule has 118 valence electrons. The Hall–Kier alpha value is -1.92. The molecule has 7 heteroatoms. The lowest BCUT2D eigenvalue weighted by Crippen LogP contribution is -2.37. The van der Waals surface area contributed by atoms with Crippen LogP contribution in [0.1, 0.15) is 19.2 Å². The molecule has 1 heterocycles. The summed E-state index contributed by atoms with van der Waals surface area (Å²) in [5.41, 5.74) is 0.803. The first-order valence-corrected chi connectivity index (χ1v) is 7.34. The molecule has 1 aromatic heterocycles. The largest absolute Gasteiger partial charge is 0.394 e. The zero-order valence-electron chi connectivity index (χ0n) is 12.5. The summed E-state index contributed by atoms with van der Waals surface area (Å²) in [4.78, 5) is 17.7. The number of rotatable bonds is 6. The van der Waals surface area contributed by atoms with Gasteiger partial charge in [-0.3, -0.25) is 4.79 Å². The van der Waals surface area contributed by atoms with Gasteiger partial charge < -0.3 is 14.5 Å². The standard InChI is InChI=1S/C15H18ClN3O3/c1-10(9-20)19(2)14(21)8-7-13-17-15(18-22-13)11-3-5-12(16)6-4-11/h3-6,10,20H,7-9H2,1-2H3. The molecule has 1 N–H and O–H groups in total. The van der Waals surface area contributed by atoms with Crippen LogP contribution in [0.15, 0.2) is 28.8 Å². The normalized spacial score (nSPS) is 12.2. The second kappa shape index (κ2) is 7.38. The Labute approximate surface area is 133 Å². The van der Waals surface area contributed by atoms with Crippen LogP contribution in [0.4, 0.5) is 0 Å². The highest BCUT2D eigenvalue weighted by atomic mass is 35.5. The molecule has 0 fully saturated rings. The number of halogens is 1. The molecule has 0 saturated heterocycles. The molecular weight excluding hydrogens is 306 g/mol. The predicted molar refractivity (Wildman–Crippen MR) is 82.4 cm³/mol. The van der Waals surface area contributed by atoms with Crippen LogP contribution in [0.2, 0.25) is 5.02 Å². The minimum atomic E-state index is -0.209. The van der Waals surface area contributed by atoms with Gasteiger partial charge in [0.15, 0.2) is 0 Å². The first-order chi connectivity index (χ1) is 10.5. The van der Waals surface area contributed by atoms with Crippen molar-refractivity contribution < 1.29 is 14.4 Å². The fourth-order valence-corrected chi connectivity index (χ4v) is 1.96. The number of carbonyl (C=O) groups excluding carboxylic acids is 1. The maximum absolute atomic E-state index is 11.9. The minimum Gasteiger partial charge on any atom is -0.394 e. The van der Waals surface area contributed by atoms with Crippen molar-refractivity contribution in [2.24, 2.45) is 0 Å². The van der Waals surface area contributed by atoms with Crippen LogP contribution < -0.4 is 0 Å². The van der Waals surface area contributed by atoms with E-state index >= 15 is 0 Å². The van der Waals surface area contributed by atoms with Crippen LogP contribution in [-0.2, 0) is 11.2 Å². The van der Waals surface area contributed by atoms with E-state index in [9.17, 15) is 4.79 Å². The molecule has 0 aliphatic carbocycles. The van der Waals surface area contributed by atoms with E-state index in [4.69, 9.17) is 21.2 Å². The fourth-order valence-electron chi connectivity index (χ4n) is 1.83. The quantitative estimate of drug-likeness (QED) is 0.881. The number of carbonyl (C=O) groups is 1. The topological polar surface area (TPSA) is 79.5 Å². The van der Waals surface area contributed by atoms with Crippen LogP contribution in [0, 0.1) is 0 Å². The van der Waals surface area contributed by atoms with Crippen LogP contribution in [0.25, 0.3) is 11.4 Å². The second-order valence-corrected chi connectivity index (χ2v) is 5.49. The van der Waals surface area contributed by atoms with Gasteiger partial charge in [0.25, 0.3) is 0 Å². The summed E-state index contributed by atoms with van der Waals surface area (Å²) < 4.78 is 5.15. The molecule has 0 spiro atoms. The smallest absolute Gasteiger partial charge is 0.227 e. The van der Waals surface area contributed by atoms with E-state index in [1.165, 1.54) is 4.90 Å². The van der Waals surface area contributed by atoms with Crippen molar-refractivity contribution >= 4 is 17.5 Å². The van der Waals surface area contributed by atoms with E-state index in [2.05, 4.69) is 10.1 Å². The predicted octanol–water partition coefficient (Wildman–Crippen LogP) is 2.16. The number of aryl methyl sites for hydroxylation is 1. The summed E-state index contributed by atoms with van der Waals surface area (Å²) in [6, 6.07) is 6.90. The Balaban J connectivity index is 1.95. The van der Waals surface area contributed by atoms with Gasteiger partial charge in [-0.1, -0.05) is 16.8 Å². The van der Waals surface area contributed by atoms with Crippen molar-refractivity contribution in [3.05, 3.63) is 35.2 Å². The third-order valence-corrected chi connectivity index (χ3v) is 3.69. The Morgan fingerprint density at radius 3 is 2.73 bits per heavy atom. The van der Waals surface area contributed by atoms with E-state index in [1.54, 1.807) is 38.2 Å². The van der Waals surface area contributed by atoms with E-state index in [0.29, 0.717) is 23.2 Å². The lowest BCUT2D eigenvalue weighted by molar-refractivity contribution is -0.132. The zero-order valence-corrected chi connectivity index (χ0v) is 13.2. The summed E-state index contributed by atoms with van der Waals surface area (Å²) in [5.74, 6) is 0.798. The number of hydrogen-bond donors (Lipinski definition) is 1. The molecule has 22 heavy (non-hydrogen) atoms. The maximum Gasteiger partial charge on any atom is 0.227 e. The van der Waals surface area contributed by atoms with Gasteiger partial charge in [0, 0.05) is 30.5 Å². The van der Waals surface area contributed by atoms with Crippen LogP contribution in [0.5, 0.6) is 0 Å². The summed E-state index contributed by atoms with van der Waals surface area (Å²) in [5, 5.41) is 13.6. The Bertz CT molecular complexity index is 627. The third-order valence-electron chi connectivity index (χ3n) is 3.44. The molecule has 6 nitrogen and oxygen atoms in total. The number of hydrogen-bond acceptors (Lipinski definition) is 5. The molecule has 1 atom stereocenters. The lowest BCUT2D eigenvalue weighted by Gasteiger charge is -2.22. The summed E-state index contributed by atoms with van der Waals surface area (Å²) >= 11 is 5.83. The molecule has 1 amide bonds.